The summed E-state index contributed by atoms with van der Waals surface area (Å²) in [6.07, 6.45) is 2.48. The van der Waals surface area contributed by atoms with Crippen molar-refractivity contribution < 1.29 is 14.3 Å². The molecule has 5 nitrogen and oxygen atoms in total. The minimum Gasteiger partial charge on any atom is -0.467 e. The Balaban J connectivity index is 2.60. The van der Waals surface area contributed by atoms with E-state index in [1.54, 1.807) is 11.8 Å². The number of amides is 2. The van der Waals surface area contributed by atoms with Gasteiger partial charge in [0, 0.05) is 5.69 Å². The van der Waals surface area contributed by atoms with E-state index >= 15 is 0 Å². The zero-order valence-electron chi connectivity index (χ0n) is 13.5. The number of esters is 1. The zero-order chi connectivity index (χ0) is 16.5. The molecule has 0 aliphatic carbocycles. The summed E-state index contributed by atoms with van der Waals surface area (Å²) in [6.45, 7) is 4.23. The molecular formula is C16H24N2O3S. The Morgan fingerprint density at radius 1 is 1.23 bits per heavy atom. The number of methoxy groups -OCH3 is 1. The molecule has 0 heterocycles. The second-order valence-corrected chi connectivity index (χ2v) is 6.22. The van der Waals surface area contributed by atoms with Crippen molar-refractivity contribution in [2.24, 2.45) is 0 Å². The van der Waals surface area contributed by atoms with Gasteiger partial charge in [-0.2, -0.15) is 11.8 Å². The van der Waals surface area contributed by atoms with Crippen LogP contribution in [0.25, 0.3) is 0 Å². The molecule has 0 saturated carbocycles. The minimum atomic E-state index is -0.632. The van der Waals surface area contributed by atoms with Crippen molar-refractivity contribution >= 4 is 29.4 Å². The van der Waals surface area contributed by atoms with Crippen molar-refractivity contribution in [2.45, 2.75) is 32.2 Å². The monoisotopic (exact) mass is 324 g/mol. The highest BCUT2D eigenvalue weighted by atomic mass is 32.2. The van der Waals surface area contributed by atoms with Gasteiger partial charge in [-0.15, -0.1) is 0 Å². The topological polar surface area (TPSA) is 67.4 Å². The van der Waals surface area contributed by atoms with E-state index in [2.05, 4.69) is 24.5 Å². The van der Waals surface area contributed by atoms with Gasteiger partial charge in [-0.1, -0.05) is 26.0 Å². The van der Waals surface area contributed by atoms with Crippen LogP contribution in [0.3, 0.4) is 0 Å². The number of thioether (sulfide) groups is 1. The molecule has 122 valence electrons. The largest absolute Gasteiger partial charge is 0.467 e. The molecule has 0 radical (unpaired) electrons. The highest BCUT2D eigenvalue weighted by Gasteiger charge is 2.20. The minimum absolute atomic E-state index is 0.409. The summed E-state index contributed by atoms with van der Waals surface area (Å²) in [5.74, 6) is 0.779. The van der Waals surface area contributed by atoms with E-state index in [1.807, 2.05) is 30.5 Å². The van der Waals surface area contributed by atoms with Crippen molar-refractivity contribution in [3.05, 3.63) is 29.8 Å². The van der Waals surface area contributed by atoms with Crippen LogP contribution >= 0.6 is 11.8 Å². The maximum absolute atomic E-state index is 12.0. The number of benzene rings is 1. The number of carbonyl (C=O) groups is 2. The lowest BCUT2D eigenvalue weighted by Crippen LogP contribution is -2.44. The van der Waals surface area contributed by atoms with Crippen LogP contribution in [-0.2, 0) is 9.53 Å². The summed E-state index contributed by atoms with van der Waals surface area (Å²) >= 11 is 1.61. The molecule has 0 aliphatic heterocycles. The molecule has 0 aliphatic rings. The van der Waals surface area contributed by atoms with Gasteiger partial charge in [-0.05, 0) is 42.0 Å². The van der Waals surface area contributed by atoms with Gasteiger partial charge in [0.05, 0.1) is 7.11 Å². The molecule has 0 bridgehead atoms. The molecule has 6 heteroatoms. The number of hydrogen-bond acceptors (Lipinski definition) is 4. The third-order valence-electron chi connectivity index (χ3n) is 3.24. The van der Waals surface area contributed by atoms with E-state index in [0.29, 0.717) is 18.0 Å². The lowest BCUT2D eigenvalue weighted by Gasteiger charge is -2.16. The average molecular weight is 324 g/mol. The summed E-state index contributed by atoms with van der Waals surface area (Å²) in [7, 11) is 1.32. The van der Waals surface area contributed by atoms with Crippen LogP contribution in [0.2, 0.25) is 0 Å². The van der Waals surface area contributed by atoms with Crippen molar-refractivity contribution in [3.8, 4) is 0 Å². The van der Waals surface area contributed by atoms with Gasteiger partial charge in [-0.3, -0.25) is 0 Å². The van der Waals surface area contributed by atoms with Gasteiger partial charge < -0.3 is 15.4 Å². The van der Waals surface area contributed by atoms with Crippen molar-refractivity contribution in [1.29, 1.82) is 0 Å². The van der Waals surface area contributed by atoms with Gasteiger partial charge >= 0.3 is 12.0 Å². The molecule has 1 aromatic carbocycles. The number of carbonyl (C=O) groups excluding carboxylic acids is 2. The highest BCUT2D eigenvalue weighted by molar-refractivity contribution is 7.98. The summed E-state index contributed by atoms with van der Waals surface area (Å²) in [6, 6.07) is 6.62. The van der Waals surface area contributed by atoms with E-state index in [-0.39, 0.29) is 0 Å². The maximum Gasteiger partial charge on any atom is 0.328 e. The SMILES string of the molecule is COC(=O)[C@H](CCSC)NC(=O)Nc1ccc(C(C)C)cc1. The molecule has 22 heavy (non-hydrogen) atoms. The summed E-state index contributed by atoms with van der Waals surface area (Å²) < 4.78 is 4.71. The van der Waals surface area contributed by atoms with Crippen molar-refractivity contribution in [2.75, 3.05) is 24.4 Å². The molecule has 0 spiro atoms. The molecule has 0 fully saturated rings. The van der Waals surface area contributed by atoms with E-state index in [9.17, 15) is 9.59 Å². The first-order chi connectivity index (χ1) is 10.5. The van der Waals surface area contributed by atoms with E-state index in [4.69, 9.17) is 4.74 Å². The predicted molar refractivity (Wildman–Crippen MR) is 91.5 cm³/mol. The Kier molecular flexibility index (Phi) is 7.80. The van der Waals surface area contributed by atoms with Crippen LogP contribution < -0.4 is 10.6 Å². The first kappa shape index (κ1) is 18.4. The summed E-state index contributed by atoms with van der Waals surface area (Å²) in [4.78, 5) is 23.6. The number of anilines is 1. The van der Waals surface area contributed by atoms with E-state index in [0.717, 1.165) is 5.75 Å². The molecular weight excluding hydrogens is 300 g/mol. The van der Waals surface area contributed by atoms with E-state index < -0.39 is 18.0 Å². The smallest absolute Gasteiger partial charge is 0.328 e. The number of ether oxygens (including phenoxy) is 1. The molecule has 1 rings (SSSR count). The first-order valence-electron chi connectivity index (χ1n) is 7.22. The number of urea groups is 1. The number of rotatable bonds is 7. The quantitative estimate of drug-likeness (QED) is 0.756. The molecule has 1 atom stereocenters. The Hall–Kier alpha value is -1.69. The molecule has 2 amide bonds. The van der Waals surface area contributed by atoms with Crippen LogP contribution in [0.4, 0.5) is 10.5 Å². The molecule has 0 saturated heterocycles. The van der Waals surface area contributed by atoms with Gasteiger partial charge in [0.15, 0.2) is 0 Å². The number of nitrogens with one attached hydrogen (secondary N) is 2. The highest BCUT2D eigenvalue weighted by Crippen LogP contribution is 2.17. The second-order valence-electron chi connectivity index (χ2n) is 5.23. The molecule has 2 N–H and O–H groups in total. The normalized spacial score (nSPS) is 11.9. The Morgan fingerprint density at radius 2 is 1.86 bits per heavy atom. The fraction of sp³-hybridized carbons (Fsp3) is 0.500. The maximum atomic E-state index is 12.0. The molecule has 1 aromatic rings. The fourth-order valence-electron chi connectivity index (χ4n) is 1.90. The van der Waals surface area contributed by atoms with Gasteiger partial charge in [-0.25, -0.2) is 9.59 Å². The van der Waals surface area contributed by atoms with Gasteiger partial charge in [0.1, 0.15) is 6.04 Å². The Labute approximate surface area is 136 Å². The molecule has 0 unspecified atom stereocenters. The summed E-state index contributed by atoms with van der Waals surface area (Å²) in [5, 5.41) is 5.38. The van der Waals surface area contributed by atoms with Crippen LogP contribution in [0.15, 0.2) is 24.3 Å². The second kappa shape index (κ2) is 9.35. The lowest BCUT2D eigenvalue weighted by molar-refractivity contribution is -0.142. The zero-order valence-corrected chi connectivity index (χ0v) is 14.3. The van der Waals surface area contributed by atoms with Crippen molar-refractivity contribution in [3.63, 3.8) is 0 Å². The van der Waals surface area contributed by atoms with Crippen molar-refractivity contribution in [1.82, 2.24) is 5.32 Å². The summed E-state index contributed by atoms with van der Waals surface area (Å²) in [5.41, 5.74) is 1.90. The Bertz CT molecular complexity index is 489. The van der Waals surface area contributed by atoms with Gasteiger partial charge in [0.25, 0.3) is 0 Å². The Morgan fingerprint density at radius 3 is 2.36 bits per heavy atom. The van der Waals surface area contributed by atoms with Gasteiger partial charge in [0.2, 0.25) is 0 Å². The standard InChI is InChI=1S/C16H24N2O3S/c1-11(2)12-5-7-13(8-6-12)17-16(20)18-14(9-10-22-4)15(19)21-3/h5-8,11,14H,9-10H2,1-4H3,(H2,17,18,20)/t14-/m0/s1. The van der Waals surface area contributed by atoms with E-state index in [1.165, 1.54) is 12.7 Å². The third kappa shape index (κ3) is 5.97. The van der Waals surface area contributed by atoms with Crippen LogP contribution in [0, 0.1) is 0 Å². The third-order valence-corrected chi connectivity index (χ3v) is 3.88. The lowest BCUT2D eigenvalue weighted by atomic mass is 10.0. The van der Waals surface area contributed by atoms with Crippen LogP contribution in [0.1, 0.15) is 31.7 Å². The van der Waals surface area contributed by atoms with Crippen LogP contribution in [0.5, 0.6) is 0 Å². The van der Waals surface area contributed by atoms with Crippen LogP contribution in [-0.4, -0.2) is 37.2 Å². The first-order valence-corrected chi connectivity index (χ1v) is 8.61. The molecule has 0 aromatic heterocycles. The average Bonchev–Trinajstić information content (AvgIpc) is 2.51. The predicted octanol–water partition coefficient (Wildman–Crippen LogP) is 3.23. The number of hydrogen-bond donors (Lipinski definition) is 2. The fourth-order valence-corrected chi connectivity index (χ4v) is 2.38.